The van der Waals surface area contributed by atoms with Crippen LogP contribution in [0.25, 0.3) is 0 Å². The van der Waals surface area contributed by atoms with Crippen LogP contribution in [0.2, 0.25) is 0 Å². The van der Waals surface area contributed by atoms with E-state index in [0.29, 0.717) is 6.42 Å². The van der Waals surface area contributed by atoms with E-state index in [9.17, 15) is 0 Å². The molecular formula is C20H23N3. The van der Waals surface area contributed by atoms with Gasteiger partial charge in [0, 0.05) is 17.5 Å². The highest BCUT2D eigenvalue weighted by atomic mass is 14.9. The van der Waals surface area contributed by atoms with E-state index in [0.717, 1.165) is 5.69 Å². The van der Waals surface area contributed by atoms with Gasteiger partial charge in [-0.15, -0.1) is 0 Å². The van der Waals surface area contributed by atoms with Crippen LogP contribution in [0.1, 0.15) is 24.5 Å². The minimum absolute atomic E-state index is 0.276. The van der Waals surface area contributed by atoms with Gasteiger partial charge in [0.2, 0.25) is 0 Å². The highest BCUT2D eigenvalue weighted by Crippen LogP contribution is 2.41. The van der Waals surface area contributed by atoms with E-state index in [1.165, 1.54) is 16.7 Å². The van der Waals surface area contributed by atoms with E-state index in [1.807, 2.05) is 30.4 Å². The van der Waals surface area contributed by atoms with Crippen LogP contribution in [0.15, 0.2) is 78.4 Å². The summed E-state index contributed by atoms with van der Waals surface area (Å²) in [5.41, 5.74) is 21.2. The number of rotatable bonds is 3. The first kappa shape index (κ1) is 15.5. The molecule has 3 heteroatoms. The number of nitrogen functional groups attached to an aromatic ring is 1. The molecule has 0 saturated heterocycles. The summed E-state index contributed by atoms with van der Waals surface area (Å²) in [5, 5.41) is 0. The Balaban J connectivity index is 2.14. The Bertz CT molecular complexity index is 742. The van der Waals surface area contributed by atoms with E-state index < -0.39 is 5.66 Å². The largest absolute Gasteiger partial charge is 0.399 e. The first-order valence-electron chi connectivity index (χ1n) is 7.81. The molecular weight excluding hydrogens is 282 g/mol. The van der Waals surface area contributed by atoms with E-state index in [4.69, 9.17) is 17.2 Å². The molecule has 1 aliphatic carbocycles. The Morgan fingerprint density at radius 2 is 1.52 bits per heavy atom. The number of hydrogen-bond donors (Lipinski definition) is 3. The third-order valence-corrected chi connectivity index (χ3v) is 4.67. The summed E-state index contributed by atoms with van der Waals surface area (Å²) < 4.78 is 0. The Labute approximate surface area is 137 Å². The zero-order chi connectivity index (χ0) is 16.5. The number of hydrogen-bond acceptors (Lipinski definition) is 3. The highest BCUT2D eigenvalue weighted by Gasteiger charge is 2.34. The molecule has 3 rings (SSSR count). The monoisotopic (exact) mass is 305 g/mol. The van der Waals surface area contributed by atoms with Crippen molar-refractivity contribution in [2.24, 2.45) is 11.5 Å². The van der Waals surface area contributed by atoms with Crippen LogP contribution >= 0.6 is 0 Å². The molecule has 1 atom stereocenters. The van der Waals surface area contributed by atoms with Crippen LogP contribution in [-0.4, -0.2) is 5.66 Å². The van der Waals surface area contributed by atoms with Gasteiger partial charge in [0.15, 0.2) is 0 Å². The molecule has 0 aliphatic heterocycles. The topological polar surface area (TPSA) is 78.1 Å². The van der Waals surface area contributed by atoms with Crippen molar-refractivity contribution in [3.63, 3.8) is 0 Å². The van der Waals surface area contributed by atoms with Gasteiger partial charge in [0.1, 0.15) is 0 Å². The second kappa shape index (κ2) is 5.69. The normalized spacial score (nSPS) is 19.0. The molecule has 0 aromatic heterocycles. The molecule has 0 spiro atoms. The van der Waals surface area contributed by atoms with Crippen molar-refractivity contribution in [2.75, 3.05) is 5.73 Å². The fourth-order valence-electron chi connectivity index (χ4n) is 3.13. The Morgan fingerprint density at radius 3 is 2.09 bits per heavy atom. The molecule has 0 saturated carbocycles. The summed E-state index contributed by atoms with van der Waals surface area (Å²) in [7, 11) is 0. The van der Waals surface area contributed by atoms with Crippen LogP contribution < -0.4 is 17.2 Å². The molecule has 0 bridgehead atoms. The SMILES string of the molecule is CC(C1=CCC(N)(N)C=C1)(c1ccccc1)c1ccc(N)cc1. The summed E-state index contributed by atoms with van der Waals surface area (Å²) in [6, 6.07) is 18.5. The smallest absolute Gasteiger partial charge is 0.0867 e. The maximum absolute atomic E-state index is 6.01. The molecule has 0 fully saturated rings. The first-order chi connectivity index (χ1) is 10.9. The lowest BCUT2D eigenvalue weighted by Crippen LogP contribution is -2.48. The molecule has 1 unspecified atom stereocenters. The standard InChI is InChI=1S/C20H23N3/c1-19(15-5-3-2-4-6-15,16-7-9-18(21)10-8-16)17-11-13-20(22,23)14-12-17/h2-13H,14,21-23H2,1H3. The minimum atomic E-state index is -0.762. The van der Waals surface area contributed by atoms with E-state index >= 15 is 0 Å². The predicted molar refractivity (Wildman–Crippen MR) is 96.7 cm³/mol. The van der Waals surface area contributed by atoms with Gasteiger partial charge in [0.05, 0.1) is 5.66 Å². The van der Waals surface area contributed by atoms with Crippen LogP contribution in [-0.2, 0) is 5.41 Å². The molecule has 23 heavy (non-hydrogen) atoms. The number of allylic oxidation sites excluding steroid dienone is 2. The zero-order valence-electron chi connectivity index (χ0n) is 13.4. The fraction of sp³-hybridized carbons (Fsp3) is 0.200. The third-order valence-electron chi connectivity index (χ3n) is 4.67. The van der Waals surface area contributed by atoms with Crippen LogP contribution in [0.3, 0.4) is 0 Å². The lowest BCUT2D eigenvalue weighted by Gasteiger charge is -2.36. The fourth-order valence-corrected chi connectivity index (χ4v) is 3.13. The zero-order valence-corrected chi connectivity index (χ0v) is 13.4. The van der Waals surface area contributed by atoms with E-state index in [-0.39, 0.29) is 5.41 Å². The Morgan fingerprint density at radius 1 is 0.913 bits per heavy atom. The molecule has 6 N–H and O–H groups in total. The van der Waals surface area contributed by atoms with Gasteiger partial charge in [-0.05, 0) is 41.8 Å². The first-order valence-corrected chi connectivity index (χ1v) is 7.81. The second-order valence-electron chi connectivity index (χ2n) is 6.42. The number of nitrogens with two attached hydrogens (primary N) is 3. The molecule has 3 nitrogen and oxygen atoms in total. The molecule has 2 aromatic carbocycles. The average molecular weight is 305 g/mol. The second-order valence-corrected chi connectivity index (χ2v) is 6.42. The molecule has 2 aromatic rings. The lowest BCUT2D eigenvalue weighted by atomic mass is 9.69. The maximum atomic E-state index is 6.01. The van der Waals surface area contributed by atoms with Crippen LogP contribution in [0.5, 0.6) is 0 Å². The van der Waals surface area contributed by atoms with Gasteiger partial charge >= 0.3 is 0 Å². The molecule has 0 radical (unpaired) electrons. The van der Waals surface area contributed by atoms with E-state index in [2.05, 4.69) is 49.4 Å². The minimum Gasteiger partial charge on any atom is -0.399 e. The summed E-state index contributed by atoms with van der Waals surface area (Å²) in [5.74, 6) is 0. The summed E-state index contributed by atoms with van der Waals surface area (Å²) in [6.07, 6.45) is 6.70. The number of benzene rings is 2. The molecule has 118 valence electrons. The van der Waals surface area contributed by atoms with Gasteiger partial charge in [-0.25, -0.2) is 0 Å². The molecule has 0 amide bonds. The van der Waals surface area contributed by atoms with Crippen molar-refractivity contribution in [3.8, 4) is 0 Å². The summed E-state index contributed by atoms with van der Waals surface area (Å²) >= 11 is 0. The summed E-state index contributed by atoms with van der Waals surface area (Å²) in [4.78, 5) is 0. The highest BCUT2D eigenvalue weighted by molar-refractivity contribution is 5.54. The van der Waals surface area contributed by atoms with Crippen molar-refractivity contribution < 1.29 is 0 Å². The van der Waals surface area contributed by atoms with Crippen LogP contribution in [0, 0.1) is 0 Å². The number of anilines is 1. The predicted octanol–water partition coefficient (Wildman–Crippen LogP) is 3.07. The summed E-state index contributed by atoms with van der Waals surface area (Å²) in [6.45, 7) is 2.23. The van der Waals surface area contributed by atoms with Gasteiger partial charge < -0.3 is 17.2 Å². The van der Waals surface area contributed by atoms with Gasteiger partial charge in [-0.2, -0.15) is 0 Å². The molecule has 0 heterocycles. The van der Waals surface area contributed by atoms with Crippen LogP contribution in [0.4, 0.5) is 5.69 Å². The average Bonchev–Trinajstić information content (AvgIpc) is 2.55. The van der Waals surface area contributed by atoms with Gasteiger partial charge in [0.25, 0.3) is 0 Å². The van der Waals surface area contributed by atoms with Gasteiger partial charge in [-0.3, -0.25) is 0 Å². The van der Waals surface area contributed by atoms with E-state index in [1.54, 1.807) is 0 Å². The Hall–Kier alpha value is -2.36. The van der Waals surface area contributed by atoms with Crippen molar-refractivity contribution in [1.82, 2.24) is 0 Å². The maximum Gasteiger partial charge on any atom is 0.0867 e. The van der Waals surface area contributed by atoms with Gasteiger partial charge in [-0.1, -0.05) is 54.6 Å². The van der Waals surface area contributed by atoms with Crippen molar-refractivity contribution >= 4 is 5.69 Å². The molecule has 1 aliphatic rings. The van der Waals surface area contributed by atoms with Crippen molar-refractivity contribution in [1.29, 1.82) is 0 Å². The third kappa shape index (κ3) is 2.93. The Kier molecular flexibility index (Phi) is 3.84. The lowest BCUT2D eigenvalue weighted by molar-refractivity contribution is 0.543. The quantitative estimate of drug-likeness (QED) is 0.602. The van der Waals surface area contributed by atoms with Crippen molar-refractivity contribution in [3.05, 3.63) is 89.5 Å². The van der Waals surface area contributed by atoms with Crippen molar-refractivity contribution in [2.45, 2.75) is 24.4 Å².